The van der Waals surface area contributed by atoms with Gasteiger partial charge in [0.1, 0.15) is 0 Å². The van der Waals surface area contributed by atoms with Crippen LogP contribution in [0.4, 0.5) is 0 Å². The zero-order valence-corrected chi connectivity index (χ0v) is 11.8. The van der Waals surface area contributed by atoms with Crippen LogP contribution in [-0.4, -0.2) is 31.1 Å². The molecule has 0 amide bonds. The number of nitrogens with one attached hydrogen (secondary N) is 1. The smallest absolute Gasteiger partial charge is 0.0386 e. The zero-order chi connectivity index (χ0) is 12.1. The molecule has 3 heteroatoms. The zero-order valence-electron chi connectivity index (χ0n) is 11.0. The van der Waals surface area contributed by atoms with Crippen LogP contribution >= 0.6 is 11.3 Å². The van der Waals surface area contributed by atoms with Gasteiger partial charge >= 0.3 is 0 Å². The second kappa shape index (κ2) is 6.53. The first-order chi connectivity index (χ1) is 8.25. The molecule has 1 aromatic rings. The lowest BCUT2D eigenvalue weighted by Crippen LogP contribution is -2.39. The van der Waals surface area contributed by atoms with Crippen LogP contribution in [0.3, 0.4) is 0 Å². The first-order valence-corrected chi connectivity index (χ1v) is 7.63. The SMILES string of the molecule is CC1CCCN(CCNC(C)c2cccs2)C1. The van der Waals surface area contributed by atoms with E-state index >= 15 is 0 Å². The van der Waals surface area contributed by atoms with Crippen molar-refractivity contribution in [2.45, 2.75) is 32.7 Å². The normalized spacial score (nSPS) is 23.8. The van der Waals surface area contributed by atoms with Crippen LogP contribution in [0, 0.1) is 5.92 Å². The lowest BCUT2D eigenvalue weighted by molar-refractivity contribution is 0.183. The summed E-state index contributed by atoms with van der Waals surface area (Å²) in [7, 11) is 0. The van der Waals surface area contributed by atoms with Crippen molar-refractivity contribution < 1.29 is 0 Å². The molecule has 1 aromatic heterocycles. The average molecular weight is 252 g/mol. The minimum atomic E-state index is 0.497. The highest BCUT2D eigenvalue weighted by Gasteiger charge is 2.15. The van der Waals surface area contributed by atoms with Crippen LogP contribution < -0.4 is 5.32 Å². The third-order valence-corrected chi connectivity index (χ3v) is 4.64. The molecule has 2 nitrogen and oxygen atoms in total. The summed E-state index contributed by atoms with van der Waals surface area (Å²) >= 11 is 1.84. The minimum Gasteiger partial charge on any atom is -0.308 e. The van der Waals surface area contributed by atoms with Crippen molar-refractivity contribution in [3.05, 3.63) is 22.4 Å². The third kappa shape index (κ3) is 4.09. The van der Waals surface area contributed by atoms with Gasteiger partial charge in [0.25, 0.3) is 0 Å². The van der Waals surface area contributed by atoms with Crippen molar-refractivity contribution >= 4 is 11.3 Å². The molecule has 96 valence electrons. The van der Waals surface area contributed by atoms with Gasteiger partial charge in [0, 0.05) is 30.6 Å². The number of nitrogens with zero attached hydrogens (tertiary/aromatic N) is 1. The Kier molecular flexibility index (Phi) is 5.01. The van der Waals surface area contributed by atoms with Crippen molar-refractivity contribution in [2.75, 3.05) is 26.2 Å². The average Bonchev–Trinajstić information content (AvgIpc) is 2.82. The van der Waals surface area contributed by atoms with E-state index in [1.54, 1.807) is 0 Å². The first-order valence-electron chi connectivity index (χ1n) is 6.75. The number of rotatable bonds is 5. The van der Waals surface area contributed by atoms with Gasteiger partial charge in [-0.05, 0) is 43.7 Å². The summed E-state index contributed by atoms with van der Waals surface area (Å²) in [6.45, 7) is 9.50. The second-order valence-corrected chi connectivity index (χ2v) is 6.22. The van der Waals surface area contributed by atoms with Crippen LogP contribution in [0.25, 0.3) is 0 Å². The van der Waals surface area contributed by atoms with E-state index in [-0.39, 0.29) is 0 Å². The summed E-state index contributed by atoms with van der Waals surface area (Å²) in [5, 5.41) is 5.77. The minimum absolute atomic E-state index is 0.497. The van der Waals surface area contributed by atoms with E-state index in [9.17, 15) is 0 Å². The molecule has 2 atom stereocenters. The summed E-state index contributed by atoms with van der Waals surface area (Å²) in [5.74, 6) is 0.887. The van der Waals surface area contributed by atoms with Crippen LogP contribution in [-0.2, 0) is 0 Å². The molecule has 1 saturated heterocycles. The van der Waals surface area contributed by atoms with Crippen LogP contribution in [0.5, 0.6) is 0 Å². The maximum Gasteiger partial charge on any atom is 0.0386 e. The van der Waals surface area contributed by atoms with Crippen molar-refractivity contribution in [3.63, 3.8) is 0 Å². The molecule has 0 saturated carbocycles. The molecule has 1 N–H and O–H groups in total. The van der Waals surface area contributed by atoms with E-state index < -0.39 is 0 Å². The Balaban J connectivity index is 1.65. The number of piperidine rings is 1. The van der Waals surface area contributed by atoms with Crippen molar-refractivity contribution in [3.8, 4) is 0 Å². The molecule has 0 spiro atoms. The van der Waals surface area contributed by atoms with Gasteiger partial charge in [0.15, 0.2) is 0 Å². The Labute approximate surface area is 109 Å². The molecule has 0 aliphatic carbocycles. The van der Waals surface area contributed by atoms with Gasteiger partial charge in [0.2, 0.25) is 0 Å². The summed E-state index contributed by atoms with van der Waals surface area (Å²) in [6, 6.07) is 4.84. The molecule has 2 rings (SSSR count). The highest BCUT2D eigenvalue weighted by molar-refractivity contribution is 7.10. The standard InChI is InChI=1S/C14H24N2S/c1-12-5-3-8-16(11-12)9-7-15-13(2)14-6-4-10-17-14/h4,6,10,12-13,15H,3,5,7-9,11H2,1-2H3. The second-order valence-electron chi connectivity index (χ2n) is 5.24. The Morgan fingerprint density at radius 1 is 1.59 bits per heavy atom. The lowest BCUT2D eigenvalue weighted by atomic mass is 10.0. The van der Waals surface area contributed by atoms with E-state index in [1.165, 1.54) is 37.4 Å². The van der Waals surface area contributed by atoms with Crippen LogP contribution in [0.2, 0.25) is 0 Å². The number of likely N-dealkylation sites (tertiary alicyclic amines) is 1. The Bertz CT molecular complexity index is 310. The number of hydrogen-bond acceptors (Lipinski definition) is 3. The van der Waals surface area contributed by atoms with E-state index in [0.717, 1.165) is 12.5 Å². The Morgan fingerprint density at radius 2 is 2.47 bits per heavy atom. The predicted molar refractivity (Wildman–Crippen MR) is 75.6 cm³/mol. The number of thiophene rings is 1. The lowest BCUT2D eigenvalue weighted by Gasteiger charge is -2.31. The van der Waals surface area contributed by atoms with Gasteiger partial charge in [-0.3, -0.25) is 0 Å². The van der Waals surface area contributed by atoms with E-state index in [0.29, 0.717) is 6.04 Å². The summed E-state index contributed by atoms with van der Waals surface area (Å²) in [4.78, 5) is 4.04. The molecule has 2 unspecified atom stereocenters. The van der Waals surface area contributed by atoms with Crippen LogP contribution in [0.1, 0.15) is 37.6 Å². The topological polar surface area (TPSA) is 15.3 Å². The van der Waals surface area contributed by atoms with Gasteiger partial charge < -0.3 is 10.2 Å². The van der Waals surface area contributed by atoms with Gasteiger partial charge in [-0.2, -0.15) is 0 Å². The maximum atomic E-state index is 3.62. The molecule has 0 aromatic carbocycles. The molecule has 0 radical (unpaired) electrons. The number of hydrogen-bond donors (Lipinski definition) is 1. The molecule has 1 aliphatic heterocycles. The molecule has 1 aliphatic rings. The Hall–Kier alpha value is -0.380. The monoisotopic (exact) mass is 252 g/mol. The van der Waals surface area contributed by atoms with Gasteiger partial charge in [-0.25, -0.2) is 0 Å². The van der Waals surface area contributed by atoms with E-state index in [4.69, 9.17) is 0 Å². The van der Waals surface area contributed by atoms with Crippen molar-refractivity contribution in [1.29, 1.82) is 0 Å². The fraction of sp³-hybridized carbons (Fsp3) is 0.714. The molecular formula is C14H24N2S. The molecule has 1 fully saturated rings. The maximum absolute atomic E-state index is 3.62. The molecular weight excluding hydrogens is 228 g/mol. The van der Waals surface area contributed by atoms with Crippen molar-refractivity contribution in [1.82, 2.24) is 10.2 Å². The summed E-state index contributed by atoms with van der Waals surface area (Å²) in [6.07, 6.45) is 2.79. The largest absolute Gasteiger partial charge is 0.308 e. The quantitative estimate of drug-likeness (QED) is 0.866. The molecule has 17 heavy (non-hydrogen) atoms. The third-order valence-electron chi connectivity index (χ3n) is 3.59. The van der Waals surface area contributed by atoms with Crippen molar-refractivity contribution in [2.24, 2.45) is 5.92 Å². The molecule has 0 bridgehead atoms. The highest BCUT2D eigenvalue weighted by Crippen LogP contribution is 2.18. The summed E-state index contributed by atoms with van der Waals surface area (Å²) in [5.41, 5.74) is 0. The van der Waals surface area contributed by atoms with Crippen LogP contribution in [0.15, 0.2) is 17.5 Å². The molecule has 2 heterocycles. The van der Waals surface area contributed by atoms with Gasteiger partial charge in [0.05, 0.1) is 0 Å². The fourth-order valence-corrected chi connectivity index (χ4v) is 3.33. The first kappa shape index (κ1) is 13.1. The van der Waals surface area contributed by atoms with Gasteiger partial charge in [-0.15, -0.1) is 11.3 Å². The van der Waals surface area contributed by atoms with Gasteiger partial charge in [-0.1, -0.05) is 13.0 Å². The fourth-order valence-electron chi connectivity index (χ4n) is 2.57. The van der Waals surface area contributed by atoms with E-state index in [2.05, 4.69) is 41.6 Å². The predicted octanol–water partition coefficient (Wildman–Crippen LogP) is 3.13. The van der Waals surface area contributed by atoms with E-state index in [1.807, 2.05) is 11.3 Å². The Morgan fingerprint density at radius 3 is 3.18 bits per heavy atom. The highest BCUT2D eigenvalue weighted by atomic mass is 32.1. The summed E-state index contributed by atoms with van der Waals surface area (Å²) < 4.78 is 0.